The predicted molar refractivity (Wildman–Crippen MR) is 73.1 cm³/mol. The molecule has 94 valence electrons. The molecule has 4 nitrogen and oxygen atoms in total. The minimum Gasteiger partial charge on any atom is -0.296 e. The number of rotatable bonds is 2. The molecule has 1 aromatic heterocycles. The Hall–Kier alpha value is -1.49. The first kappa shape index (κ1) is 13.0. The van der Waals surface area contributed by atoms with E-state index in [1.165, 1.54) is 0 Å². The lowest BCUT2D eigenvalue weighted by atomic mass is 9.90. The van der Waals surface area contributed by atoms with Crippen molar-refractivity contribution in [2.45, 2.75) is 26.2 Å². The lowest BCUT2D eigenvalue weighted by Gasteiger charge is -2.20. The molecule has 0 aliphatic carbocycles. The first-order chi connectivity index (χ1) is 8.43. The Morgan fingerprint density at radius 2 is 2.06 bits per heavy atom. The highest BCUT2D eigenvalue weighted by Gasteiger charge is 2.25. The van der Waals surface area contributed by atoms with Crippen molar-refractivity contribution in [3.05, 3.63) is 40.1 Å². The molecular formula is C13H14BrN3O. The molecule has 0 fully saturated rings. The van der Waals surface area contributed by atoms with E-state index >= 15 is 0 Å². The SMILES string of the molecule is CC(C)(C)c1c(C=O)nnn1-c1cccc(Br)c1. The third kappa shape index (κ3) is 2.36. The van der Waals surface area contributed by atoms with Crippen molar-refractivity contribution in [3.63, 3.8) is 0 Å². The monoisotopic (exact) mass is 307 g/mol. The van der Waals surface area contributed by atoms with Gasteiger partial charge in [-0.1, -0.05) is 48.0 Å². The van der Waals surface area contributed by atoms with Crippen molar-refractivity contribution < 1.29 is 4.79 Å². The highest BCUT2D eigenvalue weighted by Crippen LogP contribution is 2.27. The Bertz CT molecular complexity index is 584. The number of hydrogen-bond donors (Lipinski definition) is 0. The summed E-state index contributed by atoms with van der Waals surface area (Å²) in [5, 5.41) is 8.02. The van der Waals surface area contributed by atoms with E-state index in [9.17, 15) is 4.79 Å². The first-order valence-corrected chi connectivity index (χ1v) is 6.40. The van der Waals surface area contributed by atoms with Crippen LogP contribution in [0, 0.1) is 0 Å². The maximum atomic E-state index is 11.1. The molecule has 2 aromatic rings. The van der Waals surface area contributed by atoms with Gasteiger partial charge in [0.25, 0.3) is 0 Å². The van der Waals surface area contributed by atoms with E-state index in [1.807, 2.05) is 45.0 Å². The number of carbonyl (C=O) groups excluding carboxylic acids is 1. The number of nitrogens with zero attached hydrogens (tertiary/aromatic N) is 3. The zero-order valence-corrected chi connectivity index (χ0v) is 12.1. The zero-order valence-electron chi connectivity index (χ0n) is 10.5. The summed E-state index contributed by atoms with van der Waals surface area (Å²) in [6, 6.07) is 7.74. The maximum Gasteiger partial charge on any atom is 0.172 e. The van der Waals surface area contributed by atoms with Crippen LogP contribution in [-0.2, 0) is 5.41 Å². The van der Waals surface area contributed by atoms with Gasteiger partial charge in [-0.25, -0.2) is 4.68 Å². The number of hydrogen-bond acceptors (Lipinski definition) is 3. The number of carbonyl (C=O) groups is 1. The molecule has 18 heavy (non-hydrogen) atoms. The summed E-state index contributed by atoms with van der Waals surface area (Å²) in [5.74, 6) is 0. The molecule has 0 aliphatic rings. The van der Waals surface area contributed by atoms with Gasteiger partial charge in [-0.15, -0.1) is 5.10 Å². The summed E-state index contributed by atoms with van der Waals surface area (Å²) in [6.07, 6.45) is 0.752. The fourth-order valence-electron chi connectivity index (χ4n) is 1.86. The van der Waals surface area contributed by atoms with Crippen LogP contribution in [-0.4, -0.2) is 21.3 Å². The molecule has 0 atom stereocenters. The highest BCUT2D eigenvalue weighted by atomic mass is 79.9. The Morgan fingerprint density at radius 1 is 1.33 bits per heavy atom. The van der Waals surface area contributed by atoms with Crippen LogP contribution in [0.5, 0.6) is 0 Å². The van der Waals surface area contributed by atoms with Gasteiger partial charge in [0.2, 0.25) is 0 Å². The summed E-state index contributed by atoms with van der Waals surface area (Å²) in [6.45, 7) is 6.10. The largest absolute Gasteiger partial charge is 0.296 e. The molecule has 2 rings (SSSR count). The van der Waals surface area contributed by atoms with Crippen molar-refractivity contribution in [1.29, 1.82) is 0 Å². The van der Waals surface area contributed by atoms with Gasteiger partial charge < -0.3 is 0 Å². The quantitative estimate of drug-likeness (QED) is 0.801. The summed E-state index contributed by atoms with van der Waals surface area (Å²) < 4.78 is 2.68. The van der Waals surface area contributed by atoms with Crippen LogP contribution >= 0.6 is 15.9 Å². The third-order valence-corrected chi connectivity index (χ3v) is 3.06. The Kier molecular flexibility index (Phi) is 3.34. The summed E-state index contributed by atoms with van der Waals surface area (Å²) in [4.78, 5) is 11.1. The molecule has 0 bridgehead atoms. The van der Waals surface area contributed by atoms with E-state index in [0.717, 1.165) is 22.1 Å². The lowest BCUT2D eigenvalue weighted by Crippen LogP contribution is -2.19. The van der Waals surface area contributed by atoms with Gasteiger partial charge >= 0.3 is 0 Å². The molecule has 0 radical (unpaired) electrons. The second-order valence-corrected chi connectivity index (χ2v) is 6.00. The number of aromatic nitrogens is 3. The molecule has 0 saturated heterocycles. The van der Waals surface area contributed by atoms with Gasteiger partial charge in [0, 0.05) is 9.89 Å². The van der Waals surface area contributed by atoms with Crippen LogP contribution in [0.1, 0.15) is 37.0 Å². The predicted octanol–water partition coefficient (Wildman–Crippen LogP) is 3.14. The molecule has 1 heterocycles. The smallest absolute Gasteiger partial charge is 0.172 e. The molecule has 0 N–H and O–H groups in total. The van der Waals surface area contributed by atoms with E-state index in [4.69, 9.17) is 0 Å². The second kappa shape index (κ2) is 4.65. The van der Waals surface area contributed by atoms with Crippen molar-refractivity contribution in [2.75, 3.05) is 0 Å². The standard InChI is InChI=1S/C13H14BrN3O/c1-13(2,3)12-11(8-18)15-16-17(12)10-6-4-5-9(14)7-10/h4-8H,1-3H3. The minimum atomic E-state index is -0.206. The molecule has 5 heteroatoms. The third-order valence-electron chi connectivity index (χ3n) is 2.57. The Labute approximate surface area is 114 Å². The first-order valence-electron chi connectivity index (χ1n) is 5.61. The van der Waals surface area contributed by atoms with Crippen LogP contribution in [0.4, 0.5) is 0 Å². The number of aldehydes is 1. The molecule has 0 saturated carbocycles. The van der Waals surface area contributed by atoms with Gasteiger partial charge in [-0.2, -0.15) is 0 Å². The number of halogens is 1. The lowest BCUT2D eigenvalue weighted by molar-refractivity contribution is 0.111. The topological polar surface area (TPSA) is 47.8 Å². The highest BCUT2D eigenvalue weighted by molar-refractivity contribution is 9.10. The minimum absolute atomic E-state index is 0.206. The number of benzene rings is 1. The zero-order chi connectivity index (χ0) is 13.3. The van der Waals surface area contributed by atoms with Crippen LogP contribution in [0.3, 0.4) is 0 Å². The van der Waals surface area contributed by atoms with Crippen LogP contribution in [0.25, 0.3) is 5.69 Å². The fourth-order valence-corrected chi connectivity index (χ4v) is 2.25. The van der Waals surface area contributed by atoms with Crippen LogP contribution < -0.4 is 0 Å². The molecule has 0 aliphatic heterocycles. The molecule has 0 spiro atoms. The Balaban J connectivity index is 2.65. The van der Waals surface area contributed by atoms with Gasteiger partial charge in [-0.3, -0.25) is 4.79 Å². The normalized spacial score (nSPS) is 11.6. The van der Waals surface area contributed by atoms with Gasteiger partial charge in [0.05, 0.1) is 11.4 Å². The van der Waals surface area contributed by atoms with E-state index < -0.39 is 0 Å². The van der Waals surface area contributed by atoms with Crippen molar-refractivity contribution in [3.8, 4) is 5.69 Å². The van der Waals surface area contributed by atoms with Crippen molar-refractivity contribution >= 4 is 22.2 Å². The average Bonchev–Trinajstić information content (AvgIpc) is 2.72. The maximum absolute atomic E-state index is 11.1. The summed E-state index contributed by atoms with van der Waals surface area (Å²) >= 11 is 3.43. The van der Waals surface area contributed by atoms with E-state index in [-0.39, 0.29) is 5.41 Å². The van der Waals surface area contributed by atoms with Gasteiger partial charge in [0.15, 0.2) is 6.29 Å². The average molecular weight is 308 g/mol. The Morgan fingerprint density at radius 3 is 2.61 bits per heavy atom. The molecule has 0 amide bonds. The van der Waals surface area contributed by atoms with Crippen molar-refractivity contribution in [1.82, 2.24) is 15.0 Å². The summed E-state index contributed by atoms with van der Waals surface area (Å²) in [5.41, 5.74) is 1.88. The summed E-state index contributed by atoms with van der Waals surface area (Å²) in [7, 11) is 0. The van der Waals surface area contributed by atoms with E-state index in [2.05, 4.69) is 26.2 Å². The van der Waals surface area contributed by atoms with Crippen LogP contribution in [0.2, 0.25) is 0 Å². The fraction of sp³-hybridized carbons (Fsp3) is 0.308. The van der Waals surface area contributed by atoms with Gasteiger partial charge in [-0.05, 0) is 18.2 Å². The molecule has 0 unspecified atom stereocenters. The van der Waals surface area contributed by atoms with Crippen molar-refractivity contribution in [2.24, 2.45) is 0 Å². The van der Waals surface area contributed by atoms with E-state index in [1.54, 1.807) is 4.68 Å². The van der Waals surface area contributed by atoms with Gasteiger partial charge in [0.1, 0.15) is 5.69 Å². The molecular weight excluding hydrogens is 294 g/mol. The van der Waals surface area contributed by atoms with E-state index in [0.29, 0.717) is 5.69 Å². The molecule has 1 aromatic carbocycles. The van der Waals surface area contributed by atoms with Crippen LogP contribution in [0.15, 0.2) is 28.7 Å². The second-order valence-electron chi connectivity index (χ2n) is 5.08.